The van der Waals surface area contributed by atoms with Crippen LogP contribution in [0.15, 0.2) is 101 Å². The van der Waals surface area contributed by atoms with Gasteiger partial charge in [-0.25, -0.2) is 13.8 Å². The van der Waals surface area contributed by atoms with Gasteiger partial charge in [-0.15, -0.1) is 0 Å². The van der Waals surface area contributed by atoms with Crippen molar-refractivity contribution in [2.24, 2.45) is 5.10 Å². The molecule has 0 heterocycles. The molecule has 1 amide bonds. The van der Waals surface area contributed by atoms with Gasteiger partial charge >= 0.3 is 0 Å². The summed E-state index contributed by atoms with van der Waals surface area (Å²) in [6, 6.07) is 26.3. The van der Waals surface area contributed by atoms with Crippen molar-refractivity contribution < 1.29 is 22.7 Å². The average molecular weight is 504 g/mol. The Bertz CT molecular complexity index is 1500. The van der Waals surface area contributed by atoms with Crippen LogP contribution in [0.4, 0.5) is 5.69 Å². The largest absolute Gasteiger partial charge is 0.493 e. The Morgan fingerprint density at radius 3 is 2.33 bits per heavy atom. The second kappa shape index (κ2) is 10.9. The van der Waals surface area contributed by atoms with Crippen molar-refractivity contribution in [1.82, 2.24) is 5.43 Å². The molecular weight excluding hydrogens is 478 g/mol. The molecule has 1 N–H and O–H groups in total. The predicted octanol–water partition coefficient (Wildman–Crippen LogP) is 4.20. The lowest BCUT2D eigenvalue weighted by Crippen LogP contribution is -2.39. The number of rotatable bonds is 9. The molecule has 0 aliphatic carbocycles. The molecule has 36 heavy (non-hydrogen) atoms. The Kier molecular flexibility index (Phi) is 7.50. The van der Waals surface area contributed by atoms with Crippen LogP contribution in [-0.4, -0.2) is 41.3 Å². The molecule has 0 aliphatic heterocycles. The number of anilines is 1. The Morgan fingerprint density at radius 2 is 1.58 bits per heavy atom. The molecule has 4 rings (SSSR count). The lowest BCUT2D eigenvalue weighted by Gasteiger charge is -2.24. The van der Waals surface area contributed by atoms with Gasteiger partial charge in [0.25, 0.3) is 15.9 Å². The minimum atomic E-state index is -4.13. The molecular formula is C27H25N3O5S. The molecule has 184 valence electrons. The van der Waals surface area contributed by atoms with Crippen molar-refractivity contribution >= 4 is 38.6 Å². The summed E-state index contributed by atoms with van der Waals surface area (Å²) in [5.74, 6) is 0.0540. The minimum absolute atomic E-state index is 0.0453. The first kappa shape index (κ1) is 24.7. The van der Waals surface area contributed by atoms with E-state index in [2.05, 4.69) is 10.5 Å². The summed E-state index contributed by atoms with van der Waals surface area (Å²) in [5, 5.41) is 6.09. The third-order valence-electron chi connectivity index (χ3n) is 5.49. The number of methoxy groups -OCH3 is 2. The molecule has 0 unspecified atom stereocenters. The minimum Gasteiger partial charge on any atom is -0.493 e. The smallest absolute Gasteiger partial charge is 0.264 e. The van der Waals surface area contributed by atoms with Crippen molar-refractivity contribution in [2.45, 2.75) is 4.90 Å². The number of ether oxygens (including phenoxy) is 2. The Morgan fingerprint density at radius 1 is 0.889 bits per heavy atom. The third kappa shape index (κ3) is 5.31. The summed E-state index contributed by atoms with van der Waals surface area (Å²) in [6.07, 6.45) is 1.54. The van der Waals surface area contributed by atoms with Crippen LogP contribution >= 0.6 is 0 Å². The van der Waals surface area contributed by atoms with Gasteiger partial charge in [0.15, 0.2) is 11.5 Å². The fourth-order valence-electron chi connectivity index (χ4n) is 3.72. The maximum atomic E-state index is 13.6. The van der Waals surface area contributed by atoms with E-state index < -0.39 is 22.5 Å². The highest BCUT2D eigenvalue weighted by Crippen LogP contribution is 2.32. The lowest BCUT2D eigenvalue weighted by molar-refractivity contribution is -0.119. The quantitative estimate of drug-likeness (QED) is 0.273. The molecule has 0 saturated heterocycles. The van der Waals surface area contributed by atoms with Gasteiger partial charge in [0.2, 0.25) is 0 Å². The van der Waals surface area contributed by atoms with E-state index in [-0.39, 0.29) is 10.6 Å². The van der Waals surface area contributed by atoms with Crippen LogP contribution in [0.3, 0.4) is 0 Å². The highest BCUT2D eigenvalue weighted by Gasteiger charge is 2.28. The average Bonchev–Trinajstić information content (AvgIpc) is 2.91. The molecule has 0 radical (unpaired) electrons. The van der Waals surface area contributed by atoms with Crippen LogP contribution < -0.4 is 19.2 Å². The van der Waals surface area contributed by atoms with Gasteiger partial charge in [-0.2, -0.15) is 5.10 Å². The van der Waals surface area contributed by atoms with E-state index in [1.165, 1.54) is 38.6 Å². The molecule has 0 bridgehead atoms. The maximum absolute atomic E-state index is 13.6. The van der Waals surface area contributed by atoms with E-state index in [0.717, 1.165) is 20.6 Å². The van der Waals surface area contributed by atoms with Gasteiger partial charge in [-0.3, -0.25) is 9.10 Å². The number of nitrogens with zero attached hydrogens (tertiary/aromatic N) is 2. The zero-order valence-electron chi connectivity index (χ0n) is 19.8. The third-order valence-corrected chi connectivity index (χ3v) is 7.26. The number of fused-ring (bicyclic) bond motifs is 1. The summed E-state index contributed by atoms with van der Waals surface area (Å²) in [5.41, 5.74) is 3.60. The molecule has 8 nitrogen and oxygen atoms in total. The molecule has 0 spiro atoms. The van der Waals surface area contributed by atoms with Crippen LogP contribution in [0.2, 0.25) is 0 Å². The molecule has 0 fully saturated rings. The van der Waals surface area contributed by atoms with Crippen molar-refractivity contribution in [2.75, 3.05) is 25.1 Å². The van der Waals surface area contributed by atoms with Gasteiger partial charge < -0.3 is 9.47 Å². The number of para-hydroxylation sites is 1. The Balaban J connectivity index is 1.59. The summed E-state index contributed by atoms with van der Waals surface area (Å²) < 4.78 is 38.7. The fourth-order valence-corrected chi connectivity index (χ4v) is 5.15. The molecule has 0 atom stereocenters. The topological polar surface area (TPSA) is 97.3 Å². The standard InChI is InChI=1S/C27H25N3O5S/c1-34-25-16-15-23(17-26(25)35-2)36(32,33)30(22-12-4-3-5-13-22)19-27(31)29-28-18-21-11-8-10-20-9-6-7-14-24(20)21/h3-18H,19H2,1-2H3,(H,29,31)/b28-18-. The number of hydrogen-bond acceptors (Lipinski definition) is 6. The summed E-state index contributed by atoms with van der Waals surface area (Å²) in [7, 11) is -1.24. The molecule has 9 heteroatoms. The van der Waals surface area contributed by atoms with Gasteiger partial charge in [0.1, 0.15) is 6.54 Å². The van der Waals surface area contributed by atoms with Gasteiger partial charge in [0.05, 0.1) is 31.0 Å². The van der Waals surface area contributed by atoms with Gasteiger partial charge in [-0.05, 0) is 35.0 Å². The normalized spacial score (nSPS) is 11.4. The lowest BCUT2D eigenvalue weighted by atomic mass is 10.1. The van der Waals surface area contributed by atoms with Crippen LogP contribution in [0.25, 0.3) is 10.8 Å². The number of benzene rings is 4. The Labute approximate surface area is 209 Å². The number of hydrogen-bond donors (Lipinski definition) is 1. The van der Waals surface area contributed by atoms with Crippen molar-refractivity contribution in [3.05, 3.63) is 96.6 Å². The van der Waals surface area contributed by atoms with E-state index in [4.69, 9.17) is 9.47 Å². The summed E-state index contributed by atoms with van der Waals surface area (Å²) in [6.45, 7) is -0.479. The van der Waals surface area contributed by atoms with Crippen LogP contribution in [0.1, 0.15) is 5.56 Å². The second-order valence-electron chi connectivity index (χ2n) is 7.73. The maximum Gasteiger partial charge on any atom is 0.264 e. The second-order valence-corrected chi connectivity index (χ2v) is 9.59. The highest BCUT2D eigenvalue weighted by atomic mass is 32.2. The van der Waals surface area contributed by atoms with E-state index in [1.54, 1.807) is 30.3 Å². The van der Waals surface area contributed by atoms with Gasteiger partial charge in [-0.1, -0.05) is 60.7 Å². The molecule has 4 aromatic rings. The monoisotopic (exact) mass is 503 g/mol. The SMILES string of the molecule is COc1ccc(S(=O)(=O)N(CC(=O)N/N=C\c2cccc3ccccc23)c2ccccc2)cc1OC. The van der Waals surface area contributed by atoms with Crippen LogP contribution in [0, 0.1) is 0 Å². The molecule has 0 aliphatic rings. The number of amides is 1. The summed E-state index contributed by atoms with van der Waals surface area (Å²) >= 11 is 0. The fraction of sp³-hybridized carbons (Fsp3) is 0.111. The van der Waals surface area contributed by atoms with Crippen molar-refractivity contribution in [3.8, 4) is 11.5 Å². The Hall–Kier alpha value is -4.37. The van der Waals surface area contributed by atoms with Crippen LogP contribution in [0.5, 0.6) is 11.5 Å². The number of hydrazone groups is 1. The first-order chi connectivity index (χ1) is 17.4. The van der Waals surface area contributed by atoms with Crippen molar-refractivity contribution in [1.29, 1.82) is 0 Å². The van der Waals surface area contributed by atoms with Crippen LogP contribution in [-0.2, 0) is 14.8 Å². The summed E-state index contributed by atoms with van der Waals surface area (Å²) in [4.78, 5) is 12.8. The van der Waals surface area contributed by atoms with E-state index in [9.17, 15) is 13.2 Å². The number of sulfonamides is 1. The molecule has 0 aromatic heterocycles. The van der Waals surface area contributed by atoms with Gasteiger partial charge in [0, 0.05) is 11.6 Å². The highest BCUT2D eigenvalue weighted by molar-refractivity contribution is 7.92. The number of carbonyl (C=O) groups is 1. The zero-order chi connectivity index (χ0) is 25.5. The number of carbonyl (C=O) groups excluding carboxylic acids is 1. The molecule has 0 saturated carbocycles. The number of nitrogens with one attached hydrogen (secondary N) is 1. The first-order valence-electron chi connectivity index (χ1n) is 11.0. The first-order valence-corrected chi connectivity index (χ1v) is 12.5. The predicted molar refractivity (Wildman–Crippen MR) is 140 cm³/mol. The molecule has 4 aromatic carbocycles. The van der Waals surface area contributed by atoms with Crippen molar-refractivity contribution in [3.63, 3.8) is 0 Å². The van der Waals surface area contributed by atoms with E-state index >= 15 is 0 Å². The van der Waals surface area contributed by atoms with E-state index in [1.807, 2.05) is 42.5 Å². The zero-order valence-corrected chi connectivity index (χ0v) is 20.6. The van der Waals surface area contributed by atoms with E-state index in [0.29, 0.717) is 11.4 Å².